The molecule has 0 radical (unpaired) electrons. The fourth-order valence-corrected chi connectivity index (χ4v) is 8.65. The highest BCUT2D eigenvalue weighted by atomic mass is 35.5. The van der Waals surface area contributed by atoms with Crippen LogP contribution in [0.4, 0.5) is 23.8 Å². The number of carbonyl (C=O) groups excluding carboxylic acids is 5. The highest BCUT2D eigenvalue weighted by Gasteiger charge is 2.71. The van der Waals surface area contributed by atoms with E-state index in [0.29, 0.717) is 32.8 Å². The molecule has 51 heavy (non-hydrogen) atoms. The zero-order valence-electron chi connectivity index (χ0n) is 26.3. The average Bonchev–Trinajstić information content (AvgIpc) is 3.46. The van der Waals surface area contributed by atoms with Crippen LogP contribution in [-0.4, -0.2) is 56.8 Å². The lowest BCUT2D eigenvalue weighted by Gasteiger charge is -2.50. The lowest BCUT2D eigenvalue weighted by atomic mass is 9.49. The van der Waals surface area contributed by atoms with Crippen LogP contribution in [0.5, 0.6) is 11.5 Å². The topological polar surface area (TPSA) is 172 Å². The van der Waals surface area contributed by atoms with E-state index in [0.717, 1.165) is 0 Å². The second kappa shape index (κ2) is 12.0. The van der Waals surface area contributed by atoms with Crippen molar-refractivity contribution in [2.45, 2.75) is 30.4 Å². The molecule has 6 amide bonds. The molecular weight excluding hydrogens is 718 g/mol. The highest BCUT2D eigenvalue weighted by molar-refractivity contribution is 6.33. The minimum absolute atomic E-state index is 0.0339. The molecule has 2 aliphatic heterocycles. The Hall–Kier alpha value is -5.15. The second-order valence-electron chi connectivity index (χ2n) is 12.7. The van der Waals surface area contributed by atoms with Gasteiger partial charge in [-0.3, -0.25) is 24.6 Å². The molecule has 2 aliphatic carbocycles. The van der Waals surface area contributed by atoms with Gasteiger partial charge in [-0.2, -0.15) is 23.1 Å². The molecule has 1 aromatic heterocycles. The molecule has 4 aliphatic rings. The van der Waals surface area contributed by atoms with E-state index in [1.54, 1.807) is 18.2 Å². The summed E-state index contributed by atoms with van der Waals surface area (Å²) >= 11 is 12.4. The van der Waals surface area contributed by atoms with Crippen LogP contribution in [-0.2, 0) is 30.8 Å². The van der Waals surface area contributed by atoms with E-state index in [9.17, 15) is 37.5 Å². The molecule has 1 saturated carbocycles. The summed E-state index contributed by atoms with van der Waals surface area (Å²) in [7, 11) is 1.34. The number of nitrogens with two attached hydrogens (primary N) is 1. The molecule has 7 rings (SSSR count). The van der Waals surface area contributed by atoms with Gasteiger partial charge in [0, 0.05) is 22.7 Å². The lowest BCUT2D eigenvalue weighted by molar-refractivity contribution is -0.140. The number of fused-ring (bicyclic) bond motifs is 4. The number of alkyl halides is 3. The zero-order valence-corrected chi connectivity index (χ0v) is 27.8. The van der Waals surface area contributed by atoms with Gasteiger partial charge in [0.05, 0.1) is 40.9 Å². The van der Waals surface area contributed by atoms with Crippen LogP contribution in [0.2, 0.25) is 10.0 Å². The smallest absolute Gasteiger partial charge is 0.417 e. The number of hydrogen-bond donors (Lipinski definition) is 3. The number of rotatable bonds is 5. The third-order valence-electron chi connectivity index (χ3n) is 10.3. The molecule has 0 spiro atoms. The van der Waals surface area contributed by atoms with Crippen LogP contribution in [0.1, 0.15) is 35.4 Å². The molecule has 6 atom stereocenters. The van der Waals surface area contributed by atoms with E-state index in [4.69, 9.17) is 33.7 Å². The van der Waals surface area contributed by atoms with Gasteiger partial charge in [-0.1, -0.05) is 53.1 Å². The number of aromatic nitrogens is 1. The number of ether oxygens (including phenoxy) is 1. The standard InChI is InChI=1S/C34H26Cl2F3N5O7/c1-51-23-4-2-3-22(45)25(23)26-17-9-10-18-24(30(48)43(28(18)46)32(40)50)19(17)12-20-29(47)44(31(49)33(20,26)14-5-7-16(35)8-6-14)42-27-21(36)11-15(13-41-27)34(37,38)39/h2-9,11,13,18-20,24,26,45H,10,12H2,1H3,(H2,40,50)(H,41,42)/t18-,19+,20-,24-,26+,33+/m0/s1. The first-order valence-corrected chi connectivity index (χ1v) is 16.2. The molecule has 17 heteroatoms. The first kappa shape index (κ1) is 34.3. The van der Waals surface area contributed by atoms with Gasteiger partial charge in [0.2, 0.25) is 11.8 Å². The van der Waals surface area contributed by atoms with E-state index in [1.165, 1.54) is 37.4 Å². The number of nitrogens with zero attached hydrogens (tertiary/aromatic N) is 3. The Morgan fingerprint density at radius 2 is 1.76 bits per heavy atom. The maximum absolute atomic E-state index is 15.2. The Bertz CT molecular complexity index is 2080. The minimum Gasteiger partial charge on any atom is -0.508 e. The van der Waals surface area contributed by atoms with Crippen molar-refractivity contribution < 1.29 is 47.0 Å². The number of amides is 6. The summed E-state index contributed by atoms with van der Waals surface area (Å²) < 4.78 is 45.9. The molecule has 3 aromatic rings. The predicted octanol–water partition coefficient (Wildman–Crippen LogP) is 5.19. The SMILES string of the molecule is COc1cccc(O)c1[C@H]1C2=CC[C@@H]3C(=O)N(C(N)=O)C(=O)[C@@H]3[C@@H]2C[C@H]2C(=O)N(Nc3ncc(C(F)(F)F)cc3Cl)C(=O)[C@@]12c1ccc(Cl)cc1. The third kappa shape index (κ3) is 4.96. The van der Waals surface area contributed by atoms with Gasteiger partial charge in [0.1, 0.15) is 11.5 Å². The fraction of sp³-hybridized carbons (Fsp3) is 0.294. The van der Waals surface area contributed by atoms with Gasteiger partial charge in [0.15, 0.2) is 5.82 Å². The van der Waals surface area contributed by atoms with Gasteiger partial charge in [-0.25, -0.2) is 9.78 Å². The van der Waals surface area contributed by atoms with E-state index in [2.05, 4.69) is 10.4 Å². The van der Waals surface area contributed by atoms with E-state index in [1.807, 2.05) is 0 Å². The summed E-state index contributed by atoms with van der Waals surface area (Å²) in [4.78, 5) is 73.2. The number of imide groups is 4. The number of phenolic OH excluding ortho intramolecular Hbond substituents is 1. The number of aromatic hydroxyl groups is 1. The summed E-state index contributed by atoms with van der Waals surface area (Å²) in [5.41, 5.74) is 5.65. The van der Waals surface area contributed by atoms with Crippen molar-refractivity contribution in [2.24, 2.45) is 29.4 Å². The normalized spacial score (nSPS) is 27.2. The summed E-state index contributed by atoms with van der Waals surface area (Å²) in [6, 6.07) is 9.83. The molecule has 4 N–H and O–H groups in total. The molecule has 2 aromatic carbocycles. The van der Waals surface area contributed by atoms with Gasteiger partial charge >= 0.3 is 12.2 Å². The van der Waals surface area contributed by atoms with Gasteiger partial charge < -0.3 is 15.6 Å². The molecule has 3 heterocycles. The summed E-state index contributed by atoms with van der Waals surface area (Å²) in [5, 5.41) is 11.9. The van der Waals surface area contributed by atoms with Crippen molar-refractivity contribution in [1.82, 2.24) is 14.9 Å². The van der Waals surface area contributed by atoms with E-state index in [-0.39, 0.29) is 35.5 Å². The number of halogens is 5. The Balaban J connectivity index is 1.47. The molecule has 0 bridgehead atoms. The first-order chi connectivity index (χ1) is 24.1. The largest absolute Gasteiger partial charge is 0.508 e. The van der Waals surface area contributed by atoms with Crippen LogP contribution in [0.25, 0.3) is 0 Å². The van der Waals surface area contributed by atoms with E-state index >= 15 is 4.79 Å². The van der Waals surface area contributed by atoms with Crippen molar-refractivity contribution in [3.63, 3.8) is 0 Å². The maximum atomic E-state index is 15.2. The molecule has 12 nitrogen and oxygen atoms in total. The molecule has 264 valence electrons. The number of hydrogen-bond acceptors (Lipinski definition) is 9. The zero-order chi connectivity index (χ0) is 36.7. The van der Waals surface area contributed by atoms with Crippen LogP contribution >= 0.6 is 23.2 Å². The molecule has 2 saturated heterocycles. The Kier molecular flexibility index (Phi) is 8.06. The summed E-state index contributed by atoms with van der Waals surface area (Å²) in [6.07, 6.45) is -2.85. The number of pyridine rings is 1. The first-order valence-electron chi connectivity index (χ1n) is 15.5. The second-order valence-corrected chi connectivity index (χ2v) is 13.5. The number of nitrogens with one attached hydrogen (secondary N) is 1. The van der Waals surface area contributed by atoms with Crippen molar-refractivity contribution in [1.29, 1.82) is 0 Å². The Morgan fingerprint density at radius 1 is 1.06 bits per heavy atom. The lowest BCUT2D eigenvalue weighted by Crippen LogP contribution is -2.53. The number of methoxy groups -OCH3 is 1. The maximum Gasteiger partial charge on any atom is 0.417 e. The van der Waals surface area contributed by atoms with Gasteiger partial charge in [-0.15, -0.1) is 0 Å². The van der Waals surface area contributed by atoms with Crippen molar-refractivity contribution >= 4 is 58.7 Å². The number of allylic oxidation sites excluding steroid dienone is 2. The number of urea groups is 1. The quantitative estimate of drug-likeness (QED) is 0.235. The number of primary amides is 1. The van der Waals surface area contributed by atoms with Gasteiger partial charge in [0.25, 0.3) is 11.8 Å². The van der Waals surface area contributed by atoms with Crippen LogP contribution < -0.4 is 15.9 Å². The van der Waals surface area contributed by atoms with Crippen LogP contribution in [0.15, 0.2) is 66.4 Å². The number of carbonyl (C=O) groups is 5. The number of benzene rings is 2. The third-order valence-corrected chi connectivity index (χ3v) is 10.9. The predicted molar refractivity (Wildman–Crippen MR) is 173 cm³/mol. The molecule has 0 unspecified atom stereocenters. The Morgan fingerprint density at radius 3 is 2.39 bits per heavy atom. The molecular formula is C34H26Cl2F3N5O7. The highest BCUT2D eigenvalue weighted by Crippen LogP contribution is 2.66. The summed E-state index contributed by atoms with van der Waals surface area (Å²) in [6.45, 7) is 0. The number of likely N-dealkylation sites (tertiary alicyclic amines) is 1. The fourth-order valence-electron chi connectivity index (χ4n) is 8.31. The van der Waals surface area contributed by atoms with E-state index < -0.39 is 87.2 Å². The number of hydrazine groups is 1. The average molecular weight is 745 g/mol. The van der Waals surface area contributed by atoms with Crippen molar-refractivity contribution in [3.05, 3.63) is 93.1 Å². The molecule has 3 fully saturated rings. The van der Waals surface area contributed by atoms with Crippen LogP contribution in [0.3, 0.4) is 0 Å². The number of anilines is 1. The Labute approximate surface area is 296 Å². The van der Waals surface area contributed by atoms with Crippen molar-refractivity contribution in [2.75, 3.05) is 12.5 Å². The monoisotopic (exact) mass is 743 g/mol. The van der Waals surface area contributed by atoms with Crippen LogP contribution in [0, 0.1) is 23.7 Å². The van der Waals surface area contributed by atoms with Crippen molar-refractivity contribution in [3.8, 4) is 11.5 Å². The summed E-state index contributed by atoms with van der Waals surface area (Å²) in [5.74, 6) is -9.68. The minimum atomic E-state index is -4.78. The van der Waals surface area contributed by atoms with Gasteiger partial charge in [-0.05, 0) is 54.7 Å². The number of phenols is 1.